The van der Waals surface area contributed by atoms with Crippen LogP contribution >= 0.6 is 7.14 Å². The molecular formula is C35H27OP. The van der Waals surface area contributed by atoms with Crippen molar-refractivity contribution in [3.05, 3.63) is 179 Å². The summed E-state index contributed by atoms with van der Waals surface area (Å²) in [4.78, 5) is 0. The predicted octanol–water partition coefficient (Wildman–Crippen LogP) is 7.74. The van der Waals surface area contributed by atoms with Gasteiger partial charge < -0.3 is 4.57 Å². The predicted molar refractivity (Wildman–Crippen MR) is 154 cm³/mol. The summed E-state index contributed by atoms with van der Waals surface area (Å²) in [6, 6.07) is 48.2. The molecule has 3 aliphatic carbocycles. The van der Waals surface area contributed by atoms with Crippen molar-refractivity contribution in [1.29, 1.82) is 0 Å². The van der Waals surface area contributed by atoms with E-state index in [1.54, 1.807) is 0 Å². The Hall–Kier alpha value is -3.93. The zero-order valence-corrected chi connectivity index (χ0v) is 21.4. The molecule has 2 bridgehead atoms. The maximum absolute atomic E-state index is 16.5. The zero-order chi connectivity index (χ0) is 25.0. The topological polar surface area (TPSA) is 17.1 Å². The molecule has 5 aromatic carbocycles. The second-order valence-corrected chi connectivity index (χ2v) is 13.0. The molecule has 2 heteroatoms. The largest absolute Gasteiger partial charge is 0.312 e. The minimum absolute atomic E-state index is 0.0293. The average molecular weight is 495 g/mol. The van der Waals surface area contributed by atoms with Gasteiger partial charge in [-0.15, -0.1) is 0 Å². The lowest BCUT2D eigenvalue weighted by Crippen LogP contribution is -2.50. The highest BCUT2D eigenvalue weighted by Gasteiger charge is 2.65. The van der Waals surface area contributed by atoms with Crippen LogP contribution in [-0.2, 0) is 9.72 Å². The van der Waals surface area contributed by atoms with E-state index in [2.05, 4.69) is 72.8 Å². The van der Waals surface area contributed by atoms with Crippen molar-refractivity contribution in [2.24, 2.45) is 0 Å². The maximum Gasteiger partial charge on any atom is 0.158 e. The van der Waals surface area contributed by atoms with Crippen LogP contribution in [0.25, 0.3) is 0 Å². The van der Waals surface area contributed by atoms with E-state index in [1.165, 1.54) is 22.3 Å². The third kappa shape index (κ3) is 2.84. The highest BCUT2D eigenvalue weighted by atomic mass is 31.2. The Balaban J connectivity index is 1.70. The summed E-state index contributed by atoms with van der Waals surface area (Å²) in [7, 11) is -3.36. The van der Waals surface area contributed by atoms with Crippen LogP contribution in [0, 0.1) is 0 Å². The minimum atomic E-state index is -3.36. The molecule has 8 rings (SSSR count). The van der Waals surface area contributed by atoms with Gasteiger partial charge in [0.1, 0.15) is 0 Å². The Bertz CT molecular complexity index is 1580. The molecule has 5 aromatic rings. The number of fused-ring (bicyclic) bond motifs is 1. The molecule has 0 N–H and O–H groups in total. The van der Waals surface area contributed by atoms with Crippen LogP contribution in [0.2, 0.25) is 0 Å². The van der Waals surface area contributed by atoms with Crippen molar-refractivity contribution in [2.75, 3.05) is 0 Å². The minimum Gasteiger partial charge on any atom is -0.312 e. The number of rotatable bonds is 4. The summed E-state index contributed by atoms with van der Waals surface area (Å²) in [6.07, 6.45) is 0. The fourth-order valence-electron chi connectivity index (χ4n) is 7.08. The van der Waals surface area contributed by atoms with Gasteiger partial charge in [0.15, 0.2) is 7.14 Å². The van der Waals surface area contributed by atoms with E-state index in [0.29, 0.717) is 0 Å². The van der Waals surface area contributed by atoms with Crippen LogP contribution in [0.3, 0.4) is 0 Å². The number of benzene rings is 5. The Morgan fingerprint density at radius 1 is 0.514 bits per heavy atom. The van der Waals surface area contributed by atoms with Gasteiger partial charge in [-0.25, -0.2) is 0 Å². The lowest BCUT2D eigenvalue weighted by molar-refractivity contribution is 0.478. The van der Waals surface area contributed by atoms with Gasteiger partial charge in [0.2, 0.25) is 0 Å². The van der Waals surface area contributed by atoms with Crippen molar-refractivity contribution in [3.63, 3.8) is 0 Å². The molecule has 1 atom stereocenters. The normalized spacial score (nSPS) is 21.8. The van der Waals surface area contributed by atoms with E-state index in [-0.39, 0.29) is 11.8 Å². The van der Waals surface area contributed by atoms with Gasteiger partial charge >= 0.3 is 0 Å². The molecule has 37 heavy (non-hydrogen) atoms. The summed E-state index contributed by atoms with van der Waals surface area (Å²) >= 11 is 0. The van der Waals surface area contributed by atoms with Gasteiger partial charge in [-0.2, -0.15) is 0 Å². The van der Waals surface area contributed by atoms with Crippen LogP contribution in [0.15, 0.2) is 152 Å². The van der Waals surface area contributed by atoms with Crippen LogP contribution in [0.5, 0.6) is 0 Å². The first-order valence-electron chi connectivity index (χ1n) is 12.8. The molecule has 0 aromatic heterocycles. The summed E-state index contributed by atoms with van der Waals surface area (Å²) in [5, 5.41) is 0.895. The highest BCUT2D eigenvalue weighted by Crippen LogP contribution is 2.77. The number of allylic oxidation sites excluding steroid dienone is 1. The van der Waals surface area contributed by atoms with Crippen molar-refractivity contribution in [3.8, 4) is 0 Å². The van der Waals surface area contributed by atoms with Gasteiger partial charge in [-0.05, 0) is 33.4 Å². The van der Waals surface area contributed by atoms with Crippen molar-refractivity contribution < 1.29 is 4.57 Å². The summed E-state index contributed by atoms with van der Waals surface area (Å²) < 4.78 is 16.5. The summed E-state index contributed by atoms with van der Waals surface area (Å²) in [6.45, 7) is 4.87. The smallest absolute Gasteiger partial charge is 0.158 e. The van der Waals surface area contributed by atoms with Crippen LogP contribution in [0.4, 0.5) is 0 Å². The quantitative estimate of drug-likeness (QED) is 0.184. The summed E-state index contributed by atoms with van der Waals surface area (Å²) in [5.74, 6) is -0.163. The Morgan fingerprint density at radius 3 is 1.35 bits per heavy atom. The van der Waals surface area contributed by atoms with Crippen LogP contribution in [-0.4, -0.2) is 0 Å². The van der Waals surface area contributed by atoms with Gasteiger partial charge in [0.05, 0.1) is 5.16 Å². The standard InChI is InChI=1S/C35H27OP/c1-25-33-29-21-11-13-23-31(29)34(32-24-14-12-22-30(32)33)35(25,26-15-5-2-6-16-26)37(36,27-17-7-3-8-18-27)28-19-9-4-10-20-28/h2-24,33-34H,1H2/t33?,34?,35-/m0/s1. The van der Waals surface area contributed by atoms with E-state index >= 15 is 4.57 Å². The number of hydrogen-bond donors (Lipinski definition) is 0. The second-order valence-electron chi connectivity index (χ2n) is 10.1. The SMILES string of the molecule is C=C1C2c3ccccc3C(c3ccccc32)[C@]1(c1ccccc1)P(=O)(c1ccccc1)c1ccccc1. The lowest BCUT2D eigenvalue weighted by Gasteiger charge is -2.58. The third-order valence-corrected chi connectivity index (χ3v) is 12.3. The molecule has 178 valence electrons. The summed E-state index contributed by atoms with van der Waals surface area (Å²) in [5.41, 5.74) is 7.18. The second kappa shape index (κ2) is 8.30. The molecule has 0 heterocycles. The third-order valence-electron chi connectivity index (χ3n) is 8.44. The molecule has 0 aliphatic heterocycles. The molecule has 0 radical (unpaired) electrons. The average Bonchev–Trinajstić information content (AvgIpc) is 2.98. The maximum atomic E-state index is 16.5. The molecule has 0 spiro atoms. The van der Waals surface area contributed by atoms with Crippen LogP contribution < -0.4 is 10.6 Å². The van der Waals surface area contributed by atoms with Gasteiger partial charge in [0.25, 0.3) is 0 Å². The van der Waals surface area contributed by atoms with Crippen molar-refractivity contribution in [1.82, 2.24) is 0 Å². The molecule has 0 unspecified atom stereocenters. The first kappa shape index (κ1) is 22.3. The monoisotopic (exact) mass is 494 g/mol. The molecule has 0 saturated carbocycles. The Labute approximate surface area is 218 Å². The highest BCUT2D eigenvalue weighted by molar-refractivity contribution is 7.80. The first-order chi connectivity index (χ1) is 18.2. The van der Waals surface area contributed by atoms with E-state index in [9.17, 15) is 0 Å². The van der Waals surface area contributed by atoms with E-state index in [4.69, 9.17) is 6.58 Å². The Morgan fingerprint density at radius 2 is 0.892 bits per heavy atom. The van der Waals surface area contributed by atoms with Gasteiger partial charge in [0, 0.05) is 22.4 Å². The molecular weight excluding hydrogens is 467 g/mol. The van der Waals surface area contributed by atoms with E-state index < -0.39 is 12.3 Å². The van der Waals surface area contributed by atoms with E-state index in [0.717, 1.165) is 21.7 Å². The van der Waals surface area contributed by atoms with Gasteiger partial charge in [-0.3, -0.25) is 0 Å². The molecule has 0 fully saturated rings. The fraction of sp³-hybridized carbons (Fsp3) is 0.0857. The van der Waals surface area contributed by atoms with Crippen LogP contribution in [0.1, 0.15) is 39.7 Å². The van der Waals surface area contributed by atoms with Gasteiger partial charge in [-0.1, -0.05) is 146 Å². The molecule has 1 nitrogen and oxygen atoms in total. The Kier molecular flexibility index (Phi) is 5.00. The fourth-order valence-corrected chi connectivity index (χ4v) is 11.1. The first-order valence-corrected chi connectivity index (χ1v) is 14.5. The number of hydrogen-bond acceptors (Lipinski definition) is 1. The molecule has 3 aliphatic rings. The van der Waals surface area contributed by atoms with Crippen molar-refractivity contribution in [2.45, 2.75) is 17.0 Å². The zero-order valence-electron chi connectivity index (χ0n) is 20.5. The lowest BCUT2D eigenvalue weighted by atomic mass is 9.55. The van der Waals surface area contributed by atoms with E-state index in [1.807, 2.05) is 66.7 Å². The van der Waals surface area contributed by atoms with Crippen molar-refractivity contribution >= 4 is 17.8 Å². The molecule has 0 saturated heterocycles. The molecule has 0 amide bonds.